The lowest BCUT2D eigenvalue weighted by atomic mass is 10.0. The lowest BCUT2D eigenvalue weighted by Gasteiger charge is -2.19. The number of nitrogens with zero attached hydrogens (tertiary/aromatic N) is 5. The number of hydrogen-bond acceptors (Lipinski definition) is 5. The number of carbonyl (C=O) groups is 1. The quantitative estimate of drug-likeness (QED) is 0.413. The molecular formula is C25H20F2N6O. The monoisotopic (exact) mass is 458 g/mol. The molecule has 0 bridgehead atoms. The van der Waals surface area contributed by atoms with E-state index in [1.165, 1.54) is 25.4 Å². The third kappa shape index (κ3) is 3.55. The maximum absolute atomic E-state index is 15.4. The Hall–Kier alpha value is -4.27. The van der Waals surface area contributed by atoms with Crippen LogP contribution in [-0.2, 0) is 0 Å². The minimum absolute atomic E-state index is 0.0577. The van der Waals surface area contributed by atoms with E-state index in [2.05, 4.69) is 25.3 Å². The minimum Gasteiger partial charge on any atom is -0.355 e. The Bertz CT molecular complexity index is 1550. The van der Waals surface area contributed by atoms with Crippen LogP contribution in [0.3, 0.4) is 0 Å². The van der Waals surface area contributed by atoms with E-state index in [0.29, 0.717) is 45.4 Å². The normalized spacial score (nSPS) is 12.2. The van der Waals surface area contributed by atoms with Crippen molar-refractivity contribution in [3.05, 3.63) is 83.9 Å². The van der Waals surface area contributed by atoms with E-state index >= 15 is 4.39 Å². The molecule has 3 heterocycles. The van der Waals surface area contributed by atoms with Crippen molar-refractivity contribution in [1.29, 1.82) is 0 Å². The third-order valence-corrected chi connectivity index (χ3v) is 5.85. The molecular weight excluding hydrogens is 438 g/mol. The van der Waals surface area contributed by atoms with Crippen LogP contribution in [0.15, 0.2) is 61.2 Å². The lowest BCUT2D eigenvalue weighted by molar-refractivity contribution is 0.0959. The molecule has 0 aliphatic heterocycles. The van der Waals surface area contributed by atoms with Crippen LogP contribution in [0.25, 0.3) is 33.5 Å². The number of fused-ring (bicyclic) bond motifs is 2. The molecule has 34 heavy (non-hydrogen) atoms. The van der Waals surface area contributed by atoms with Crippen molar-refractivity contribution < 1.29 is 13.6 Å². The van der Waals surface area contributed by atoms with E-state index in [4.69, 9.17) is 0 Å². The topological polar surface area (TPSA) is 85.6 Å². The zero-order chi connectivity index (χ0) is 23.8. The number of aromatic nitrogens is 5. The van der Waals surface area contributed by atoms with Crippen LogP contribution in [-0.4, -0.2) is 37.5 Å². The van der Waals surface area contributed by atoms with Crippen LogP contribution in [0, 0.1) is 11.6 Å². The van der Waals surface area contributed by atoms with Crippen LogP contribution in [0.1, 0.15) is 35.3 Å². The van der Waals surface area contributed by atoms with Crippen molar-refractivity contribution in [3.63, 3.8) is 0 Å². The second kappa shape index (κ2) is 8.58. The highest BCUT2D eigenvalue weighted by atomic mass is 19.1. The highest BCUT2D eigenvalue weighted by Gasteiger charge is 2.22. The first-order chi connectivity index (χ1) is 16.5. The van der Waals surface area contributed by atoms with Gasteiger partial charge in [-0.3, -0.25) is 9.78 Å². The fourth-order valence-corrected chi connectivity index (χ4v) is 4.13. The van der Waals surface area contributed by atoms with Crippen molar-refractivity contribution in [2.45, 2.75) is 19.4 Å². The molecule has 1 amide bonds. The summed E-state index contributed by atoms with van der Waals surface area (Å²) in [6.45, 7) is 1.95. The van der Waals surface area contributed by atoms with Crippen molar-refractivity contribution in [3.8, 4) is 11.3 Å². The molecule has 2 aromatic carbocycles. The average Bonchev–Trinajstić information content (AvgIpc) is 3.28. The fourth-order valence-electron chi connectivity index (χ4n) is 4.13. The van der Waals surface area contributed by atoms with Crippen LogP contribution >= 0.6 is 0 Å². The van der Waals surface area contributed by atoms with Gasteiger partial charge in [0.2, 0.25) is 0 Å². The molecule has 1 unspecified atom stereocenters. The van der Waals surface area contributed by atoms with Gasteiger partial charge >= 0.3 is 0 Å². The van der Waals surface area contributed by atoms with Gasteiger partial charge < -0.3 is 9.88 Å². The largest absolute Gasteiger partial charge is 0.355 e. The van der Waals surface area contributed by atoms with Gasteiger partial charge in [0, 0.05) is 29.8 Å². The van der Waals surface area contributed by atoms with Gasteiger partial charge in [0.1, 0.15) is 11.6 Å². The number of pyridine rings is 1. The predicted octanol–water partition coefficient (Wildman–Crippen LogP) is 4.68. The summed E-state index contributed by atoms with van der Waals surface area (Å²) in [6, 6.07) is 10.8. The van der Waals surface area contributed by atoms with E-state index in [1.54, 1.807) is 47.4 Å². The van der Waals surface area contributed by atoms with E-state index in [0.717, 1.165) is 0 Å². The number of rotatable bonds is 5. The number of carbonyl (C=O) groups excluding carboxylic acids is 1. The van der Waals surface area contributed by atoms with Crippen LogP contribution in [0.2, 0.25) is 0 Å². The summed E-state index contributed by atoms with van der Waals surface area (Å²) in [5, 5.41) is 2.85. The summed E-state index contributed by atoms with van der Waals surface area (Å²) in [7, 11) is 1.44. The molecule has 9 heteroatoms. The minimum atomic E-state index is -0.662. The van der Waals surface area contributed by atoms with Crippen molar-refractivity contribution in [1.82, 2.24) is 29.8 Å². The van der Waals surface area contributed by atoms with Crippen molar-refractivity contribution >= 4 is 28.1 Å². The highest BCUT2D eigenvalue weighted by molar-refractivity contribution is 5.94. The van der Waals surface area contributed by atoms with Gasteiger partial charge in [0.25, 0.3) is 5.91 Å². The van der Waals surface area contributed by atoms with Gasteiger partial charge in [-0.2, -0.15) is 0 Å². The summed E-state index contributed by atoms with van der Waals surface area (Å²) < 4.78 is 31.7. The summed E-state index contributed by atoms with van der Waals surface area (Å²) in [5.74, 6) is -1.51. The van der Waals surface area contributed by atoms with E-state index in [9.17, 15) is 9.18 Å². The number of amides is 1. The maximum Gasteiger partial charge on any atom is 0.253 e. The maximum atomic E-state index is 15.4. The molecule has 5 aromatic rings. The molecule has 0 radical (unpaired) electrons. The highest BCUT2D eigenvalue weighted by Crippen LogP contribution is 2.31. The smallest absolute Gasteiger partial charge is 0.253 e. The van der Waals surface area contributed by atoms with Gasteiger partial charge in [-0.25, -0.2) is 23.7 Å². The Morgan fingerprint density at radius 3 is 2.74 bits per heavy atom. The van der Waals surface area contributed by atoms with Crippen molar-refractivity contribution in [2.75, 3.05) is 7.05 Å². The molecule has 1 N–H and O–H groups in total. The van der Waals surface area contributed by atoms with E-state index in [1.807, 2.05) is 6.92 Å². The molecule has 0 aliphatic carbocycles. The molecule has 7 nitrogen and oxygen atoms in total. The zero-order valence-corrected chi connectivity index (χ0v) is 18.5. The molecule has 0 spiro atoms. The molecule has 170 valence electrons. The Morgan fingerprint density at radius 1 is 1.12 bits per heavy atom. The number of imidazole rings is 1. The SMILES string of the molecule is CCC(c1ccc2ncccc2c1F)n1cnc2ncc(-c3ccc(C(=O)NC)c(F)c3)nc21. The van der Waals surface area contributed by atoms with Gasteiger partial charge in [0.15, 0.2) is 11.3 Å². The Kier molecular flexibility index (Phi) is 5.45. The second-order valence-corrected chi connectivity index (χ2v) is 7.79. The predicted molar refractivity (Wildman–Crippen MR) is 124 cm³/mol. The Labute approximate surface area is 193 Å². The summed E-state index contributed by atoms with van der Waals surface area (Å²) in [4.78, 5) is 29.4. The average molecular weight is 458 g/mol. The van der Waals surface area contributed by atoms with Crippen LogP contribution in [0.5, 0.6) is 0 Å². The number of nitrogens with one attached hydrogen (secondary N) is 1. The summed E-state index contributed by atoms with van der Waals surface area (Å²) in [6.07, 6.45) is 5.29. The first kappa shape index (κ1) is 21.6. The summed E-state index contributed by atoms with van der Waals surface area (Å²) in [5.41, 5.74) is 2.74. The first-order valence-corrected chi connectivity index (χ1v) is 10.8. The van der Waals surface area contributed by atoms with Gasteiger partial charge in [-0.15, -0.1) is 0 Å². The third-order valence-electron chi connectivity index (χ3n) is 5.85. The van der Waals surface area contributed by atoms with Crippen LogP contribution in [0.4, 0.5) is 8.78 Å². The van der Waals surface area contributed by atoms with Gasteiger partial charge in [-0.05, 0) is 36.8 Å². The Morgan fingerprint density at radius 2 is 1.97 bits per heavy atom. The van der Waals surface area contributed by atoms with Gasteiger partial charge in [0.05, 0.1) is 35.3 Å². The molecule has 3 aromatic heterocycles. The molecule has 0 saturated carbocycles. The number of halogens is 2. The lowest BCUT2D eigenvalue weighted by Crippen LogP contribution is -2.19. The Balaban J connectivity index is 1.60. The van der Waals surface area contributed by atoms with E-state index in [-0.39, 0.29) is 17.4 Å². The molecule has 0 aliphatic rings. The first-order valence-electron chi connectivity index (χ1n) is 10.8. The molecule has 0 fully saturated rings. The van der Waals surface area contributed by atoms with Crippen LogP contribution < -0.4 is 5.32 Å². The second-order valence-electron chi connectivity index (χ2n) is 7.79. The number of hydrogen-bond donors (Lipinski definition) is 1. The summed E-state index contributed by atoms with van der Waals surface area (Å²) >= 11 is 0. The number of benzene rings is 2. The zero-order valence-electron chi connectivity index (χ0n) is 18.5. The molecule has 0 saturated heterocycles. The van der Waals surface area contributed by atoms with Crippen molar-refractivity contribution in [2.24, 2.45) is 0 Å². The molecule has 1 atom stereocenters. The van der Waals surface area contributed by atoms with Gasteiger partial charge in [-0.1, -0.05) is 19.1 Å². The fraction of sp³-hybridized carbons (Fsp3) is 0.160. The molecule has 5 rings (SSSR count). The standard InChI is InChI=1S/C25H20F2N6O/c1-3-21(17-8-9-19-16(22(17)27)5-4-10-29-19)33-13-31-23-24(33)32-20(12-30-23)14-6-7-15(18(26)11-14)25(34)28-2/h4-13,21H,3H2,1-2H3,(H,28,34). The van der Waals surface area contributed by atoms with E-state index < -0.39 is 11.7 Å².